The highest BCUT2D eigenvalue weighted by Gasteiger charge is 2.16. The van der Waals surface area contributed by atoms with E-state index in [1.54, 1.807) is 0 Å². The SMILES string of the molecule is CC(CCCC1CCSS1)C(=O)P. The Kier molecular flexibility index (Phi) is 5.77. The van der Waals surface area contributed by atoms with Gasteiger partial charge >= 0.3 is 0 Å². The van der Waals surface area contributed by atoms with E-state index in [0.29, 0.717) is 0 Å². The molecule has 1 saturated heterocycles. The average molecular weight is 236 g/mol. The Hall–Kier alpha value is 0.800. The van der Waals surface area contributed by atoms with Crippen molar-refractivity contribution < 1.29 is 4.79 Å². The van der Waals surface area contributed by atoms with Crippen LogP contribution >= 0.6 is 30.8 Å². The van der Waals surface area contributed by atoms with Gasteiger partial charge in [0.15, 0.2) is 5.52 Å². The molecule has 0 saturated carbocycles. The molecule has 1 rings (SSSR count). The van der Waals surface area contributed by atoms with Crippen LogP contribution in [0.1, 0.15) is 32.6 Å². The van der Waals surface area contributed by atoms with Crippen LogP contribution in [-0.4, -0.2) is 16.5 Å². The molecule has 0 bridgehead atoms. The highest BCUT2D eigenvalue weighted by atomic mass is 33.1. The zero-order chi connectivity index (χ0) is 9.68. The van der Waals surface area contributed by atoms with Gasteiger partial charge in [-0.15, -0.1) is 0 Å². The van der Waals surface area contributed by atoms with Gasteiger partial charge in [0.2, 0.25) is 0 Å². The molecule has 0 radical (unpaired) electrons. The second-order valence-corrected chi connectivity index (χ2v) is 6.92. The van der Waals surface area contributed by atoms with Crippen molar-refractivity contribution in [1.29, 1.82) is 0 Å². The largest absolute Gasteiger partial charge is 0.295 e. The summed E-state index contributed by atoms with van der Waals surface area (Å²) in [5, 5.41) is 0.858. The molecule has 0 aromatic heterocycles. The lowest BCUT2D eigenvalue weighted by Gasteiger charge is -2.09. The lowest BCUT2D eigenvalue weighted by atomic mass is 10.0. The molecule has 0 amide bonds. The number of hydrogen-bond acceptors (Lipinski definition) is 3. The third kappa shape index (κ3) is 4.71. The Morgan fingerprint density at radius 1 is 1.69 bits per heavy atom. The number of hydrogen-bond donors (Lipinski definition) is 0. The minimum absolute atomic E-state index is 0.240. The van der Waals surface area contributed by atoms with E-state index in [1.807, 2.05) is 28.5 Å². The van der Waals surface area contributed by atoms with Crippen LogP contribution in [0.25, 0.3) is 0 Å². The first-order valence-electron chi connectivity index (χ1n) is 4.77. The predicted molar refractivity (Wildman–Crippen MR) is 66.2 cm³/mol. The number of carbonyl (C=O) groups is 1. The summed E-state index contributed by atoms with van der Waals surface area (Å²) in [4.78, 5) is 10.9. The first-order valence-corrected chi connectivity index (χ1v) is 7.73. The molecule has 13 heavy (non-hydrogen) atoms. The third-order valence-corrected chi connectivity index (χ3v) is 5.95. The fourth-order valence-electron chi connectivity index (χ4n) is 1.36. The lowest BCUT2D eigenvalue weighted by Crippen LogP contribution is -2.05. The van der Waals surface area contributed by atoms with Gasteiger partial charge in [0.1, 0.15) is 0 Å². The summed E-state index contributed by atoms with van der Waals surface area (Å²) >= 11 is 0. The maximum atomic E-state index is 10.9. The standard InChI is InChI=1S/C9H17OPS2/c1-7(9(10)11)3-2-4-8-5-6-12-13-8/h7-8H,2-6,11H2,1H3. The van der Waals surface area contributed by atoms with Gasteiger partial charge in [-0.05, 0) is 19.3 Å². The molecule has 1 aliphatic heterocycles. The van der Waals surface area contributed by atoms with Crippen LogP contribution in [0.2, 0.25) is 0 Å². The van der Waals surface area contributed by atoms with E-state index in [9.17, 15) is 4.79 Å². The van der Waals surface area contributed by atoms with Crippen molar-refractivity contribution in [2.24, 2.45) is 5.92 Å². The first kappa shape index (κ1) is 11.9. The van der Waals surface area contributed by atoms with E-state index in [0.717, 1.165) is 11.7 Å². The molecule has 1 aliphatic rings. The summed E-state index contributed by atoms with van der Waals surface area (Å²) in [5.74, 6) is 1.55. The molecular formula is C9H17OPS2. The topological polar surface area (TPSA) is 17.1 Å². The van der Waals surface area contributed by atoms with Crippen LogP contribution in [0.3, 0.4) is 0 Å². The van der Waals surface area contributed by atoms with Crippen LogP contribution < -0.4 is 0 Å². The molecule has 3 atom stereocenters. The smallest absolute Gasteiger partial charge is 0.151 e. The van der Waals surface area contributed by atoms with Gasteiger partial charge in [0.25, 0.3) is 0 Å². The number of rotatable bonds is 5. The Morgan fingerprint density at radius 2 is 2.46 bits per heavy atom. The summed E-state index contributed by atoms with van der Waals surface area (Å²) < 4.78 is 0. The monoisotopic (exact) mass is 236 g/mol. The second-order valence-electron chi connectivity index (χ2n) is 3.56. The van der Waals surface area contributed by atoms with Crippen molar-refractivity contribution in [3.8, 4) is 0 Å². The highest BCUT2D eigenvalue weighted by Crippen LogP contribution is 2.40. The van der Waals surface area contributed by atoms with E-state index < -0.39 is 0 Å². The first-order chi connectivity index (χ1) is 6.20. The zero-order valence-corrected chi connectivity index (χ0v) is 10.8. The third-order valence-electron chi connectivity index (χ3n) is 2.38. The van der Waals surface area contributed by atoms with Crippen molar-refractivity contribution in [2.45, 2.75) is 37.9 Å². The van der Waals surface area contributed by atoms with Gasteiger partial charge in [0, 0.05) is 16.9 Å². The Balaban J connectivity index is 2.02. The van der Waals surface area contributed by atoms with Crippen molar-refractivity contribution in [1.82, 2.24) is 0 Å². The molecule has 0 spiro atoms. The fourth-order valence-corrected chi connectivity index (χ4v) is 4.55. The second kappa shape index (κ2) is 6.31. The van der Waals surface area contributed by atoms with Gasteiger partial charge in [-0.3, -0.25) is 4.79 Å². The van der Waals surface area contributed by atoms with Crippen LogP contribution in [-0.2, 0) is 4.79 Å². The van der Waals surface area contributed by atoms with Crippen LogP contribution in [0.5, 0.6) is 0 Å². The summed E-state index contributed by atoms with van der Waals surface area (Å²) in [5.41, 5.74) is 0.258. The van der Waals surface area contributed by atoms with Crippen molar-refractivity contribution in [3.63, 3.8) is 0 Å². The molecule has 4 heteroatoms. The summed E-state index contributed by atoms with van der Waals surface area (Å²) in [7, 11) is 6.30. The van der Waals surface area contributed by atoms with Gasteiger partial charge < -0.3 is 0 Å². The van der Waals surface area contributed by atoms with Crippen LogP contribution in [0.15, 0.2) is 0 Å². The molecule has 1 heterocycles. The molecule has 0 aromatic carbocycles. The maximum Gasteiger partial charge on any atom is 0.151 e. The van der Waals surface area contributed by atoms with E-state index in [-0.39, 0.29) is 11.4 Å². The predicted octanol–water partition coefficient (Wildman–Crippen LogP) is 3.35. The van der Waals surface area contributed by atoms with Gasteiger partial charge in [0.05, 0.1) is 0 Å². The van der Waals surface area contributed by atoms with Crippen LogP contribution in [0.4, 0.5) is 0 Å². The number of carbonyl (C=O) groups excluding carboxylic acids is 1. The van der Waals surface area contributed by atoms with Crippen molar-refractivity contribution in [2.75, 3.05) is 5.75 Å². The Bertz CT molecular complexity index is 169. The van der Waals surface area contributed by atoms with Gasteiger partial charge in [-0.2, -0.15) is 0 Å². The van der Waals surface area contributed by atoms with Gasteiger partial charge in [-0.1, -0.05) is 44.2 Å². The zero-order valence-electron chi connectivity index (χ0n) is 7.99. The average Bonchev–Trinajstić information content (AvgIpc) is 2.56. The summed E-state index contributed by atoms with van der Waals surface area (Å²) in [6.07, 6.45) is 4.92. The van der Waals surface area contributed by atoms with E-state index >= 15 is 0 Å². The molecule has 1 nitrogen and oxygen atoms in total. The van der Waals surface area contributed by atoms with Crippen molar-refractivity contribution in [3.05, 3.63) is 0 Å². The quantitative estimate of drug-likeness (QED) is 0.538. The van der Waals surface area contributed by atoms with E-state index in [1.165, 1.54) is 25.0 Å². The summed E-state index contributed by atoms with van der Waals surface area (Å²) in [6.45, 7) is 2.02. The molecule has 3 unspecified atom stereocenters. The minimum Gasteiger partial charge on any atom is -0.295 e. The van der Waals surface area contributed by atoms with E-state index in [2.05, 4.69) is 9.24 Å². The van der Waals surface area contributed by atoms with Crippen LogP contribution in [0, 0.1) is 5.92 Å². The normalized spacial score (nSPS) is 24.6. The molecule has 1 fully saturated rings. The molecule has 0 aromatic rings. The molecule has 0 aliphatic carbocycles. The van der Waals surface area contributed by atoms with Gasteiger partial charge in [-0.25, -0.2) is 0 Å². The summed E-state index contributed by atoms with van der Waals surface area (Å²) in [6, 6.07) is 0. The molecule has 0 N–H and O–H groups in total. The Morgan fingerprint density at radius 3 is 3.00 bits per heavy atom. The maximum absolute atomic E-state index is 10.9. The molecular weight excluding hydrogens is 219 g/mol. The fraction of sp³-hybridized carbons (Fsp3) is 0.889. The molecule has 76 valence electrons. The Labute approximate surface area is 90.8 Å². The van der Waals surface area contributed by atoms with E-state index in [4.69, 9.17) is 0 Å². The minimum atomic E-state index is 0.240. The highest BCUT2D eigenvalue weighted by molar-refractivity contribution is 8.77. The van der Waals surface area contributed by atoms with Crippen molar-refractivity contribution >= 4 is 36.4 Å². The lowest BCUT2D eigenvalue weighted by molar-refractivity contribution is -0.114.